The molecule has 1 saturated heterocycles. The monoisotopic (exact) mass is 403 g/mol. The number of benzene rings is 1. The van der Waals surface area contributed by atoms with E-state index in [0.717, 1.165) is 48.1 Å². The Morgan fingerprint density at radius 2 is 2.12 bits per heavy atom. The van der Waals surface area contributed by atoms with Gasteiger partial charge in [0.25, 0.3) is 0 Å². The van der Waals surface area contributed by atoms with E-state index in [-0.39, 0.29) is 30.2 Å². The quantitative estimate of drug-likeness (QED) is 0.829. The number of nitrogens with zero attached hydrogens (tertiary/aromatic N) is 2. The number of piperidine rings is 1. The number of hydrogen-bond donors (Lipinski definition) is 1. The van der Waals surface area contributed by atoms with Crippen LogP contribution in [0.15, 0.2) is 29.6 Å². The van der Waals surface area contributed by atoms with Crippen molar-refractivity contribution in [2.45, 2.75) is 32.9 Å². The topological polar surface area (TPSA) is 51.4 Å². The molecule has 1 unspecified atom stereocenters. The Bertz CT molecular complexity index is 678. The standard InChI is InChI=1S/C18H25N3OS.2ClH/c1-18(2)12-21(8-7-16(18)19)10-14-11-23-17(20-14)13-5-4-6-15(9-13)22-3;;/h4-6,9,11,16H,7-8,10,12,19H2,1-3H3;2*1H. The zero-order valence-corrected chi connectivity index (χ0v) is 17.3. The van der Waals surface area contributed by atoms with Gasteiger partial charge in [-0.25, -0.2) is 4.98 Å². The molecule has 0 amide bonds. The van der Waals surface area contributed by atoms with Gasteiger partial charge in [0.05, 0.1) is 12.8 Å². The molecule has 0 bridgehead atoms. The minimum absolute atomic E-state index is 0. The molecule has 2 heterocycles. The maximum absolute atomic E-state index is 6.22. The molecule has 2 N–H and O–H groups in total. The number of likely N-dealkylation sites (tertiary alicyclic amines) is 1. The number of rotatable bonds is 4. The molecular formula is C18H27Cl2N3OS. The first-order chi connectivity index (χ1) is 11.0. The van der Waals surface area contributed by atoms with Crippen molar-refractivity contribution in [3.8, 4) is 16.3 Å². The zero-order valence-electron chi connectivity index (χ0n) is 14.9. The summed E-state index contributed by atoms with van der Waals surface area (Å²) in [7, 11) is 1.69. The van der Waals surface area contributed by atoms with E-state index < -0.39 is 0 Å². The Morgan fingerprint density at radius 1 is 1.36 bits per heavy atom. The third kappa shape index (κ3) is 5.31. The first kappa shape index (κ1) is 22.2. The number of aromatic nitrogens is 1. The van der Waals surface area contributed by atoms with Gasteiger partial charge in [-0.15, -0.1) is 36.2 Å². The minimum atomic E-state index is 0. The summed E-state index contributed by atoms with van der Waals surface area (Å²) in [5.74, 6) is 0.867. The molecule has 0 saturated carbocycles. The number of thiazole rings is 1. The number of nitrogens with two attached hydrogens (primary N) is 1. The Balaban J connectivity index is 0.00000156. The Hall–Kier alpha value is -0.850. The van der Waals surface area contributed by atoms with Crippen LogP contribution < -0.4 is 10.5 Å². The van der Waals surface area contributed by atoms with E-state index in [0.29, 0.717) is 6.04 Å². The van der Waals surface area contributed by atoms with Crippen LogP contribution in [0.25, 0.3) is 10.6 Å². The van der Waals surface area contributed by atoms with Crippen LogP contribution in [-0.2, 0) is 6.54 Å². The van der Waals surface area contributed by atoms with Crippen LogP contribution in [0, 0.1) is 5.41 Å². The molecule has 25 heavy (non-hydrogen) atoms. The smallest absolute Gasteiger partial charge is 0.123 e. The highest BCUT2D eigenvalue weighted by Gasteiger charge is 2.33. The predicted molar refractivity (Wildman–Crippen MR) is 110 cm³/mol. The maximum Gasteiger partial charge on any atom is 0.123 e. The average Bonchev–Trinajstić information content (AvgIpc) is 2.99. The lowest BCUT2D eigenvalue weighted by Gasteiger charge is -2.42. The Kier molecular flexibility index (Phi) is 8.16. The van der Waals surface area contributed by atoms with Gasteiger partial charge in [0, 0.05) is 36.6 Å². The molecule has 1 aliphatic heterocycles. The van der Waals surface area contributed by atoms with Gasteiger partial charge in [0.15, 0.2) is 0 Å². The lowest BCUT2D eigenvalue weighted by Crippen LogP contribution is -2.52. The van der Waals surface area contributed by atoms with Gasteiger partial charge in [-0.3, -0.25) is 4.90 Å². The Labute approximate surface area is 166 Å². The van der Waals surface area contributed by atoms with E-state index in [1.807, 2.05) is 18.2 Å². The van der Waals surface area contributed by atoms with Crippen molar-refractivity contribution in [1.82, 2.24) is 9.88 Å². The van der Waals surface area contributed by atoms with Gasteiger partial charge < -0.3 is 10.5 Å². The van der Waals surface area contributed by atoms with Gasteiger partial charge in [0.2, 0.25) is 0 Å². The molecule has 1 fully saturated rings. The van der Waals surface area contributed by atoms with Crippen molar-refractivity contribution in [2.24, 2.45) is 11.1 Å². The summed E-state index contributed by atoms with van der Waals surface area (Å²) in [5, 5.41) is 3.21. The Morgan fingerprint density at radius 3 is 2.80 bits per heavy atom. The fraction of sp³-hybridized carbons (Fsp3) is 0.500. The van der Waals surface area contributed by atoms with Crippen LogP contribution in [0.4, 0.5) is 0 Å². The van der Waals surface area contributed by atoms with Crippen LogP contribution in [0.2, 0.25) is 0 Å². The van der Waals surface area contributed by atoms with Crippen molar-refractivity contribution in [1.29, 1.82) is 0 Å². The van der Waals surface area contributed by atoms with E-state index in [2.05, 4.69) is 30.2 Å². The van der Waals surface area contributed by atoms with Gasteiger partial charge in [-0.2, -0.15) is 0 Å². The summed E-state index contributed by atoms with van der Waals surface area (Å²) < 4.78 is 5.29. The van der Waals surface area contributed by atoms with Crippen LogP contribution in [-0.4, -0.2) is 36.1 Å². The molecule has 0 aliphatic carbocycles. The van der Waals surface area contributed by atoms with Gasteiger partial charge >= 0.3 is 0 Å². The molecule has 1 aliphatic rings. The highest BCUT2D eigenvalue weighted by atomic mass is 35.5. The van der Waals surface area contributed by atoms with E-state index in [1.54, 1.807) is 18.4 Å². The van der Waals surface area contributed by atoms with Crippen LogP contribution in [0.3, 0.4) is 0 Å². The fourth-order valence-electron chi connectivity index (χ4n) is 3.12. The zero-order chi connectivity index (χ0) is 16.4. The summed E-state index contributed by atoms with van der Waals surface area (Å²) in [6, 6.07) is 8.36. The SMILES string of the molecule is COc1cccc(-c2nc(CN3CCC(N)C(C)(C)C3)cs2)c1.Cl.Cl. The molecular weight excluding hydrogens is 377 g/mol. The first-order valence-corrected chi connectivity index (χ1v) is 8.93. The number of ether oxygens (including phenoxy) is 1. The van der Waals surface area contributed by atoms with Crippen molar-refractivity contribution < 1.29 is 4.74 Å². The summed E-state index contributed by atoms with van der Waals surface area (Å²) >= 11 is 1.69. The second kappa shape index (κ2) is 9.19. The molecule has 3 rings (SSSR count). The highest BCUT2D eigenvalue weighted by Crippen LogP contribution is 2.30. The van der Waals surface area contributed by atoms with E-state index in [4.69, 9.17) is 15.5 Å². The van der Waals surface area contributed by atoms with E-state index >= 15 is 0 Å². The summed E-state index contributed by atoms with van der Waals surface area (Å²) in [4.78, 5) is 7.27. The van der Waals surface area contributed by atoms with Crippen molar-refractivity contribution in [2.75, 3.05) is 20.2 Å². The summed E-state index contributed by atoms with van der Waals surface area (Å²) in [6.07, 6.45) is 1.06. The molecule has 2 aromatic rings. The largest absolute Gasteiger partial charge is 0.497 e. The van der Waals surface area contributed by atoms with Crippen molar-refractivity contribution >= 4 is 36.2 Å². The maximum atomic E-state index is 6.22. The van der Waals surface area contributed by atoms with Crippen LogP contribution >= 0.6 is 36.2 Å². The number of hydrogen-bond acceptors (Lipinski definition) is 5. The van der Waals surface area contributed by atoms with Gasteiger partial charge in [-0.05, 0) is 24.0 Å². The molecule has 1 aromatic carbocycles. The highest BCUT2D eigenvalue weighted by molar-refractivity contribution is 7.13. The van der Waals surface area contributed by atoms with E-state index in [9.17, 15) is 0 Å². The lowest BCUT2D eigenvalue weighted by molar-refractivity contribution is 0.0891. The number of halogens is 2. The van der Waals surface area contributed by atoms with Crippen LogP contribution in [0.1, 0.15) is 26.0 Å². The normalized spacial score (nSPS) is 19.6. The minimum Gasteiger partial charge on any atom is -0.497 e. The lowest BCUT2D eigenvalue weighted by atomic mass is 9.80. The molecule has 0 radical (unpaired) electrons. The third-order valence-corrected chi connectivity index (χ3v) is 5.59. The molecule has 140 valence electrons. The van der Waals surface area contributed by atoms with E-state index in [1.165, 1.54) is 0 Å². The summed E-state index contributed by atoms with van der Waals surface area (Å²) in [6.45, 7) is 7.49. The molecule has 0 spiro atoms. The molecule has 4 nitrogen and oxygen atoms in total. The van der Waals surface area contributed by atoms with Crippen molar-refractivity contribution in [3.63, 3.8) is 0 Å². The third-order valence-electron chi connectivity index (χ3n) is 4.65. The van der Waals surface area contributed by atoms with Gasteiger partial charge in [0.1, 0.15) is 10.8 Å². The number of methoxy groups -OCH3 is 1. The van der Waals surface area contributed by atoms with Gasteiger partial charge in [-0.1, -0.05) is 26.0 Å². The average molecular weight is 404 g/mol. The van der Waals surface area contributed by atoms with Crippen LogP contribution in [0.5, 0.6) is 5.75 Å². The molecule has 7 heteroatoms. The summed E-state index contributed by atoms with van der Waals surface area (Å²) in [5.41, 5.74) is 8.64. The second-order valence-corrected chi connectivity index (χ2v) is 7.83. The first-order valence-electron chi connectivity index (χ1n) is 8.05. The fourth-order valence-corrected chi connectivity index (χ4v) is 3.93. The second-order valence-electron chi connectivity index (χ2n) is 6.97. The van der Waals surface area contributed by atoms with Crippen molar-refractivity contribution in [3.05, 3.63) is 35.3 Å². The molecule has 1 atom stereocenters. The molecule has 1 aromatic heterocycles. The predicted octanol–water partition coefficient (Wildman–Crippen LogP) is 4.22.